The molecule has 0 fully saturated rings. The van der Waals surface area contributed by atoms with E-state index < -0.39 is 28.3 Å². The second-order valence-corrected chi connectivity index (χ2v) is 5.29. The maximum absolute atomic E-state index is 11.7. The molecule has 2 rings (SSSR count). The zero-order chi connectivity index (χ0) is 16.7. The number of anilines is 1. The Morgan fingerprint density at radius 1 is 1.41 bits per heavy atom. The predicted octanol–water partition coefficient (Wildman–Crippen LogP) is 1.52. The molecule has 1 aliphatic heterocycles. The summed E-state index contributed by atoms with van der Waals surface area (Å²) in [6, 6.07) is 3.36. The molecule has 8 nitrogen and oxygen atoms in total. The number of nitro groups is 1. The number of fused-ring (bicyclic) bond motifs is 1. The lowest BCUT2D eigenvalue weighted by molar-refractivity contribution is -0.384. The molecule has 2 N–H and O–H groups in total. The molecular formula is C14H16N2O6. The molecular weight excluding hydrogens is 292 g/mol. The standard InChI is InChI=1S/C14H16N2O6/c1-3-15-8(2)14(12(17)18,13(19)20)7-9-6-10(16(21)22)4-5-11(9)15/h4-6,8H,3,7H2,1-2H3,(H,17,18)(H,19,20). The zero-order valence-electron chi connectivity index (χ0n) is 12.1. The molecule has 0 radical (unpaired) electrons. The van der Waals surface area contributed by atoms with Gasteiger partial charge in [-0.15, -0.1) is 0 Å². The van der Waals surface area contributed by atoms with Crippen LogP contribution in [0.5, 0.6) is 0 Å². The predicted molar refractivity (Wildman–Crippen MR) is 77.0 cm³/mol. The minimum absolute atomic E-state index is 0.186. The van der Waals surface area contributed by atoms with Crippen LogP contribution in [0.3, 0.4) is 0 Å². The van der Waals surface area contributed by atoms with Gasteiger partial charge in [0.2, 0.25) is 0 Å². The first-order chi connectivity index (χ1) is 10.3. The molecule has 1 aromatic carbocycles. The molecule has 1 unspecified atom stereocenters. The van der Waals surface area contributed by atoms with E-state index in [-0.39, 0.29) is 12.1 Å². The van der Waals surface area contributed by atoms with Gasteiger partial charge < -0.3 is 15.1 Å². The van der Waals surface area contributed by atoms with E-state index in [9.17, 15) is 29.9 Å². The number of carbonyl (C=O) groups is 2. The van der Waals surface area contributed by atoms with Crippen molar-refractivity contribution in [2.24, 2.45) is 5.41 Å². The largest absolute Gasteiger partial charge is 0.480 e. The molecule has 0 amide bonds. The summed E-state index contributed by atoms with van der Waals surface area (Å²) >= 11 is 0. The van der Waals surface area contributed by atoms with Gasteiger partial charge in [-0.05, 0) is 25.5 Å². The summed E-state index contributed by atoms with van der Waals surface area (Å²) in [5, 5.41) is 29.9. The Bertz CT molecular complexity index is 643. The average molecular weight is 308 g/mol. The summed E-state index contributed by atoms with van der Waals surface area (Å²) in [5.41, 5.74) is -1.22. The number of benzene rings is 1. The van der Waals surface area contributed by atoms with Crippen molar-refractivity contribution in [2.75, 3.05) is 11.4 Å². The summed E-state index contributed by atoms with van der Waals surface area (Å²) in [7, 11) is 0. The summed E-state index contributed by atoms with van der Waals surface area (Å²) in [5.74, 6) is -2.88. The highest BCUT2D eigenvalue weighted by Gasteiger charge is 2.56. The first-order valence-electron chi connectivity index (χ1n) is 6.76. The smallest absolute Gasteiger partial charge is 0.323 e. The van der Waals surface area contributed by atoms with Crippen molar-refractivity contribution >= 4 is 23.3 Å². The van der Waals surface area contributed by atoms with Crippen molar-refractivity contribution in [2.45, 2.75) is 26.3 Å². The average Bonchev–Trinajstić information content (AvgIpc) is 2.45. The van der Waals surface area contributed by atoms with Crippen LogP contribution in [0.2, 0.25) is 0 Å². The molecule has 8 heteroatoms. The number of non-ortho nitro benzene ring substituents is 1. The number of aliphatic carboxylic acids is 2. The molecule has 1 aliphatic rings. The van der Waals surface area contributed by atoms with Crippen molar-refractivity contribution in [3.05, 3.63) is 33.9 Å². The summed E-state index contributed by atoms with van der Waals surface area (Å²) in [6.07, 6.45) is -0.285. The van der Waals surface area contributed by atoms with Crippen LogP contribution in [0, 0.1) is 15.5 Å². The molecule has 22 heavy (non-hydrogen) atoms. The molecule has 0 saturated heterocycles. The van der Waals surface area contributed by atoms with E-state index in [1.165, 1.54) is 12.1 Å². The van der Waals surface area contributed by atoms with E-state index in [2.05, 4.69) is 0 Å². The molecule has 0 saturated carbocycles. The van der Waals surface area contributed by atoms with Crippen LogP contribution in [0.4, 0.5) is 11.4 Å². The third-order valence-corrected chi connectivity index (χ3v) is 4.34. The van der Waals surface area contributed by atoms with Crippen LogP contribution in [0.25, 0.3) is 0 Å². The molecule has 118 valence electrons. The van der Waals surface area contributed by atoms with Crippen molar-refractivity contribution in [1.29, 1.82) is 0 Å². The van der Waals surface area contributed by atoms with E-state index in [0.717, 1.165) is 0 Å². The minimum Gasteiger partial charge on any atom is -0.480 e. The Labute approximate surface area is 126 Å². The highest BCUT2D eigenvalue weighted by atomic mass is 16.6. The van der Waals surface area contributed by atoms with E-state index in [0.29, 0.717) is 17.8 Å². The van der Waals surface area contributed by atoms with E-state index in [1.54, 1.807) is 24.8 Å². The van der Waals surface area contributed by atoms with Crippen LogP contribution in [0.1, 0.15) is 19.4 Å². The van der Waals surface area contributed by atoms with Crippen LogP contribution in [0.15, 0.2) is 18.2 Å². The highest BCUT2D eigenvalue weighted by Crippen LogP contribution is 2.43. The number of rotatable bonds is 4. The Morgan fingerprint density at radius 3 is 2.45 bits per heavy atom. The number of hydrogen-bond acceptors (Lipinski definition) is 5. The quantitative estimate of drug-likeness (QED) is 0.491. The molecule has 0 spiro atoms. The minimum atomic E-state index is -2.03. The Morgan fingerprint density at radius 2 is 2.00 bits per heavy atom. The number of nitro benzene ring substituents is 1. The Kier molecular flexibility index (Phi) is 3.78. The monoisotopic (exact) mass is 308 g/mol. The second-order valence-electron chi connectivity index (χ2n) is 5.29. The van der Waals surface area contributed by atoms with Crippen LogP contribution in [-0.4, -0.2) is 39.7 Å². The number of carboxylic acids is 2. The van der Waals surface area contributed by atoms with Crippen molar-refractivity contribution in [3.8, 4) is 0 Å². The van der Waals surface area contributed by atoms with E-state index in [4.69, 9.17) is 0 Å². The molecule has 1 atom stereocenters. The highest BCUT2D eigenvalue weighted by molar-refractivity contribution is 6.01. The first-order valence-corrected chi connectivity index (χ1v) is 6.76. The summed E-state index contributed by atoms with van der Waals surface area (Å²) in [6.45, 7) is 3.73. The number of nitrogens with zero attached hydrogens (tertiary/aromatic N) is 2. The maximum atomic E-state index is 11.7. The van der Waals surface area contributed by atoms with Gasteiger partial charge in [-0.25, -0.2) is 0 Å². The van der Waals surface area contributed by atoms with E-state index >= 15 is 0 Å². The molecule has 1 aromatic rings. The molecule has 0 bridgehead atoms. The van der Waals surface area contributed by atoms with E-state index in [1.807, 2.05) is 0 Å². The fourth-order valence-corrected chi connectivity index (χ4v) is 3.07. The van der Waals surface area contributed by atoms with Gasteiger partial charge >= 0.3 is 11.9 Å². The first kappa shape index (κ1) is 15.7. The maximum Gasteiger partial charge on any atom is 0.323 e. The number of hydrogen-bond donors (Lipinski definition) is 2. The second kappa shape index (κ2) is 5.28. The van der Waals surface area contributed by atoms with Gasteiger partial charge in [0.25, 0.3) is 5.69 Å². The van der Waals surface area contributed by atoms with Crippen LogP contribution < -0.4 is 4.90 Å². The fourth-order valence-electron chi connectivity index (χ4n) is 3.07. The third kappa shape index (κ3) is 2.07. The summed E-state index contributed by atoms with van der Waals surface area (Å²) in [4.78, 5) is 35.3. The lowest BCUT2D eigenvalue weighted by atomic mass is 9.71. The van der Waals surface area contributed by atoms with Crippen molar-refractivity contribution in [1.82, 2.24) is 0 Å². The molecule has 0 aromatic heterocycles. The van der Waals surface area contributed by atoms with Gasteiger partial charge in [-0.1, -0.05) is 0 Å². The van der Waals surface area contributed by atoms with Gasteiger partial charge in [-0.2, -0.15) is 0 Å². The Hall–Kier alpha value is -2.64. The SMILES string of the molecule is CCN1c2ccc([N+](=O)[O-])cc2CC(C(=O)O)(C(=O)O)C1C. The van der Waals surface area contributed by atoms with Crippen molar-refractivity contribution < 1.29 is 24.7 Å². The van der Waals surface area contributed by atoms with Gasteiger partial charge in [-0.3, -0.25) is 19.7 Å². The topological polar surface area (TPSA) is 121 Å². The van der Waals surface area contributed by atoms with Crippen LogP contribution >= 0.6 is 0 Å². The van der Waals surface area contributed by atoms with Gasteiger partial charge in [0.15, 0.2) is 5.41 Å². The number of carboxylic acid groups (broad SMARTS) is 2. The zero-order valence-corrected chi connectivity index (χ0v) is 12.1. The Balaban J connectivity index is 2.67. The normalized spacial score (nSPS) is 19.4. The summed E-state index contributed by atoms with van der Waals surface area (Å²) < 4.78 is 0. The van der Waals surface area contributed by atoms with Gasteiger partial charge in [0.1, 0.15) is 0 Å². The molecule has 1 heterocycles. The lowest BCUT2D eigenvalue weighted by Gasteiger charge is -2.45. The fraction of sp³-hybridized carbons (Fsp3) is 0.429. The van der Waals surface area contributed by atoms with Crippen molar-refractivity contribution in [3.63, 3.8) is 0 Å². The third-order valence-electron chi connectivity index (χ3n) is 4.34. The molecule has 0 aliphatic carbocycles. The van der Waals surface area contributed by atoms with Gasteiger partial charge in [0, 0.05) is 30.8 Å². The lowest BCUT2D eigenvalue weighted by Crippen LogP contribution is -2.59. The van der Waals surface area contributed by atoms with Crippen LogP contribution in [-0.2, 0) is 16.0 Å². The van der Waals surface area contributed by atoms with Gasteiger partial charge in [0.05, 0.1) is 11.0 Å².